The molecule has 0 aromatic heterocycles. The van der Waals surface area contributed by atoms with Gasteiger partial charge in [0.15, 0.2) is 0 Å². The molecule has 1 fully saturated rings. The lowest BCUT2D eigenvalue weighted by atomic mass is 9.94. The molecule has 0 saturated heterocycles. The summed E-state index contributed by atoms with van der Waals surface area (Å²) in [6, 6.07) is 7.29. The molecule has 0 heterocycles. The molecule has 1 aromatic rings. The molecule has 0 aliphatic heterocycles. The molecule has 1 unspecified atom stereocenters. The molecule has 2 heteroatoms. The minimum Gasteiger partial charge on any atom is -0.508 e. The fourth-order valence-electron chi connectivity index (χ4n) is 1.80. The van der Waals surface area contributed by atoms with E-state index < -0.39 is 0 Å². The van der Waals surface area contributed by atoms with Crippen LogP contribution in [0.2, 0.25) is 0 Å². The van der Waals surface area contributed by atoms with Gasteiger partial charge in [-0.2, -0.15) is 0 Å². The highest BCUT2D eigenvalue weighted by molar-refractivity contribution is 5.36. The molecule has 1 atom stereocenters. The van der Waals surface area contributed by atoms with E-state index in [4.69, 9.17) is 0 Å². The third kappa shape index (κ3) is 1.68. The number of aliphatic hydroxyl groups is 1. The number of phenolic OH excluding ortho intramolecular Hbond substituents is 1. The second kappa shape index (κ2) is 3.38. The Morgan fingerprint density at radius 3 is 2.54 bits per heavy atom. The molecule has 1 saturated carbocycles. The fraction of sp³-hybridized carbons (Fsp3) is 0.455. The summed E-state index contributed by atoms with van der Waals surface area (Å²) in [6.07, 6.45) is 2.36. The molecule has 1 aliphatic rings. The molecule has 0 bridgehead atoms. The Morgan fingerprint density at radius 2 is 2.00 bits per heavy atom. The number of hydrogen-bond donors (Lipinski definition) is 2. The van der Waals surface area contributed by atoms with Crippen LogP contribution in [0.3, 0.4) is 0 Å². The van der Waals surface area contributed by atoms with Crippen LogP contribution in [-0.4, -0.2) is 16.8 Å². The summed E-state index contributed by atoms with van der Waals surface area (Å²) < 4.78 is 0. The number of phenols is 1. The molecule has 13 heavy (non-hydrogen) atoms. The van der Waals surface area contributed by atoms with Gasteiger partial charge in [-0.05, 0) is 30.4 Å². The van der Waals surface area contributed by atoms with Crippen molar-refractivity contribution in [3.05, 3.63) is 29.8 Å². The van der Waals surface area contributed by atoms with E-state index >= 15 is 0 Å². The molecule has 2 N–H and O–H groups in total. The number of para-hydroxylation sites is 1. The van der Waals surface area contributed by atoms with Crippen molar-refractivity contribution in [3.63, 3.8) is 0 Å². The molecule has 2 rings (SSSR count). The normalized spacial score (nSPS) is 18.5. The van der Waals surface area contributed by atoms with Crippen LogP contribution < -0.4 is 0 Å². The van der Waals surface area contributed by atoms with E-state index in [1.54, 1.807) is 12.1 Å². The lowest BCUT2D eigenvalue weighted by molar-refractivity contribution is 0.250. The van der Waals surface area contributed by atoms with E-state index in [1.807, 2.05) is 12.1 Å². The Hall–Kier alpha value is -1.02. The monoisotopic (exact) mass is 178 g/mol. The highest BCUT2D eigenvalue weighted by atomic mass is 16.3. The predicted molar refractivity (Wildman–Crippen MR) is 50.7 cm³/mol. The van der Waals surface area contributed by atoms with Gasteiger partial charge in [0, 0.05) is 5.92 Å². The van der Waals surface area contributed by atoms with Crippen molar-refractivity contribution in [1.82, 2.24) is 0 Å². The Labute approximate surface area is 77.8 Å². The van der Waals surface area contributed by atoms with Gasteiger partial charge in [0.2, 0.25) is 0 Å². The van der Waals surface area contributed by atoms with Gasteiger partial charge in [-0.3, -0.25) is 0 Å². The minimum atomic E-state index is 0.140. The molecular formula is C11H14O2. The molecule has 0 radical (unpaired) electrons. The van der Waals surface area contributed by atoms with Crippen LogP contribution in [0.25, 0.3) is 0 Å². The Kier molecular flexibility index (Phi) is 2.23. The summed E-state index contributed by atoms with van der Waals surface area (Å²) in [4.78, 5) is 0. The lowest BCUT2D eigenvalue weighted by Crippen LogP contribution is -2.06. The van der Waals surface area contributed by atoms with E-state index in [0.717, 1.165) is 5.56 Å². The van der Waals surface area contributed by atoms with Crippen LogP contribution in [0.15, 0.2) is 24.3 Å². The van der Waals surface area contributed by atoms with Gasteiger partial charge in [-0.1, -0.05) is 18.2 Å². The van der Waals surface area contributed by atoms with E-state index in [9.17, 15) is 10.2 Å². The van der Waals surface area contributed by atoms with Gasteiger partial charge in [0.25, 0.3) is 0 Å². The summed E-state index contributed by atoms with van der Waals surface area (Å²) in [5.41, 5.74) is 0.896. The third-order valence-electron chi connectivity index (χ3n) is 2.72. The minimum absolute atomic E-state index is 0.140. The first kappa shape index (κ1) is 8.57. The van der Waals surface area contributed by atoms with E-state index in [1.165, 1.54) is 12.8 Å². The number of hydrogen-bond acceptors (Lipinski definition) is 2. The molecule has 0 amide bonds. The number of benzene rings is 1. The number of rotatable bonds is 3. The number of aliphatic hydroxyl groups excluding tert-OH is 1. The van der Waals surface area contributed by atoms with Crippen molar-refractivity contribution in [3.8, 4) is 5.75 Å². The van der Waals surface area contributed by atoms with Crippen LogP contribution in [0.5, 0.6) is 5.75 Å². The maximum absolute atomic E-state index is 9.58. The first-order valence-electron chi connectivity index (χ1n) is 4.71. The van der Waals surface area contributed by atoms with Gasteiger partial charge < -0.3 is 10.2 Å². The summed E-state index contributed by atoms with van der Waals surface area (Å²) in [5, 5.41) is 18.8. The van der Waals surface area contributed by atoms with Gasteiger partial charge in [0.1, 0.15) is 5.75 Å². The predicted octanol–water partition coefficient (Wildman–Crippen LogP) is 1.88. The van der Waals surface area contributed by atoms with Crippen LogP contribution in [-0.2, 0) is 0 Å². The van der Waals surface area contributed by atoms with E-state index in [0.29, 0.717) is 11.7 Å². The Morgan fingerprint density at radius 1 is 1.31 bits per heavy atom. The maximum atomic E-state index is 9.58. The molecular weight excluding hydrogens is 164 g/mol. The first-order chi connectivity index (χ1) is 6.33. The lowest BCUT2D eigenvalue weighted by Gasteiger charge is -2.14. The second-order valence-corrected chi connectivity index (χ2v) is 3.69. The van der Waals surface area contributed by atoms with Gasteiger partial charge in [-0.15, -0.1) is 0 Å². The van der Waals surface area contributed by atoms with Crippen LogP contribution in [0.1, 0.15) is 24.3 Å². The van der Waals surface area contributed by atoms with Crippen LogP contribution in [0, 0.1) is 5.92 Å². The smallest absolute Gasteiger partial charge is 0.119 e. The fourth-order valence-corrected chi connectivity index (χ4v) is 1.80. The summed E-state index contributed by atoms with van der Waals surface area (Å²) in [7, 11) is 0. The molecule has 1 aliphatic carbocycles. The number of aromatic hydroxyl groups is 1. The zero-order valence-electron chi connectivity index (χ0n) is 7.48. The maximum Gasteiger partial charge on any atom is 0.119 e. The van der Waals surface area contributed by atoms with Crippen LogP contribution in [0.4, 0.5) is 0 Å². The van der Waals surface area contributed by atoms with Crippen molar-refractivity contribution in [1.29, 1.82) is 0 Å². The van der Waals surface area contributed by atoms with Crippen molar-refractivity contribution in [2.24, 2.45) is 5.92 Å². The average molecular weight is 178 g/mol. The van der Waals surface area contributed by atoms with E-state index in [-0.39, 0.29) is 12.5 Å². The van der Waals surface area contributed by atoms with Crippen molar-refractivity contribution >= 4 is 0 Å². The molecule has 1 aromatic carbocycles. The van der Waals surface area contributed by atoms with Gasteiger partial charge >= 0.3 is 0 Å². The molecule has 2 nitrogen and oxygen atoms in total. The Bertz CT molecular complexity index is 292. The molecule has 70 valence electrons. The average Bonchev–Trinajstić information content (AvgIpc) is 2.93. The SMILES string of the molecule is OCC(c1ccccc1O)C1CC1. The van der Waals surface area contributed by atoms with Crippen molar-refractivity contribution in [2.45, 2.75) is 18.8 Å². The topological polar surface area (TPSA) is 40.5 Å². The zero-order valence-corrected chi connectivity index (χ0v) is 7.48. The van der Waals surface area contributed by atoms with E-state index in [2.05, 4.69) is 0 Å². The van der Waals surface area contributed by atoms with Gasteiger partial charge in [-0.25, -0.2) is 0 Å². The summed E-state index contributed by atoms with van der Waals surface area (Å²) >= 11 is 0. The van der Waals surface area contributed by atoms with Gasteiger partial charge in [0.05, 0.1) is 6.61 Å². The van der Waals surface area contributed by atoms with Crippen LogP contribution >= 0.6 is 0 Å². The zero-order chi connectivity index (χ0) is 9.26. The second-order valence-electron chi connectivity index (χ2n) is 3.69. The highest BCUT2D eigenvalue weighted by Gasteiger charge is 2.32. The standard InChI is InChI=1S/C11H14O2/c12-7-10(8-5-6-8)9-3-1-2-4-11(9)13/h1-4,8,10,12-13H,5-7H2. The highest BCUT2D eigenvalue weighted by Crippen LogP contribution is 2.44. The quantitative estimate of drug-likeness (QED) is 0.741. The van der Waals surface area contributed by atoms with Crippen molar-refractivity contribution < 1.29 is 10.2 Å². The van der Waals surface area contributed by atoms with Crippen molar-refractivity contribution in [2.75, 3.05) is 6.61 Å². The molecule has 0 spiro atoms. The summed E-state index contributed by atoms with van der Waals surface area (Å²) in [6.45, 7) is 0.141. The third-order valence-corrected chi connectivity index (χ3v) is 2.72. The largest absolute Gasteiger partial charge is 0.508 e. The summed E-state index contributed by atoms with van der Waals surface area (Å²) in [5.74, 6) is 1.04. The Balaban J connectivity index is 2.26. The first-order valence-corrected chi connectivity index (χ1v) is 4.71.